The number of hydrogen-bond acceptors (Lipinski definition) is 8. The number of nitrogens with zero attached hydrogens (tertiary/aromatic N) is 2. The molecule has 0 bridgehead atoms. The predicted molar refractivity (Wildman–Crippen MR) is 178 cm³/mol. The lowest BCUT2D eigenvalue weighted by Gasteiger charge is -2.44. The van der Waals surface area contributed by atoms with Crippen molar-refractivity contribution in [1.82, 2.24) is 4.90 Å². The van der Waals surface area contributed by atoms with Crippen molar-refractivity contribution in [2.45, 2.75) is 123 Å². The number of imide groups is 1. The van der Waals surface area contributed by atoms with E-state index < -0.39 is 44.7 Å². The lowest BCUT2D eigenvalue weighted by atomic mass is 9.97. The molecule has 2 rings (SSSR count). The summed E-state index contributed by atoms with van der Waals surface area (Å²) in [5.74, 6) is -0.0544. The first kappa shape index (κ1) is 38.5. The molecule has 1 fully saturated rings. The van der Waals surface area contributed by atoms with Gasteiger partial charge in [0.05, 0.1) is 44.5 Å². The number of carbonyl (C=O) groups excluding carboxylic acids is 2. The fourth-order valence-electron chi connectivity index (χ4n) is 6.65. The van der Waals surface area contributed by atoms with Crippen molar-refractivity contribution >= 4 is 20.3 Å². The molecule has 252 valence electrons. The molecule has 1 aromatic rings. The second kappa shape index (κ2) is 17.8. The van der Waals surface area contributed by atoms with E-state index in [1.807, 2.05) is 45.0 Å². The molecule has 0 unspecified atom stereocenters. The summed E-state index contributed by atoms with van der Waals surface area (Å²) < 4.78 is 30.6. The van der Waals surface area contributed by atoms with E-state index in [1.54, 1.807) is 13.2 Å². The van der Waals surface area contributed by atoms with Gasteiger partial charge in [0.1, 0.15) is 18.5 Å². The number of amides is 2. The number of carbonyl (C=O) groups is 2. The summed E-state index contributed by atoms with van der Waals surface area (Å²) in [6.07, 6.45) is -1.05. The summed E-state index contributed by atoms with van der Waals surface area (Å²) in [7, 11) is -0.594. The van der Waals surface area contributed by atoms with Crippen LogP contribution in [0.1, 0.15) is 80.7 Å². The summed E-state index contributed by atoms with van der Waals surface area (Å²) >= 11 is 0. The molecule has 0 aromatic heterocycles. The van der Waals surface area contributed by atoms with Crippen LogP contribution in [0.5, 0.6) is 5.75 Å². The van der Waals surface area contributed by atoms with Crippen LogP contribution < -0.4 is 4.74 Å². The van der Waals surface area contributed by atoms with E-state index in [4.69, 9.17) is 23.4 Å². The van der Waals surface area contributed by atoms with Crippen LogP contribution in [0.15, 0.2) is 36.9 Å². The molecule has 9 nitrogen and oxygen atoms in total. The third-order valence-electron chi connectivity index (χ3n) is 9.04. The molecule has 0 aliphatic carbocycles. The van der Waals surface area contributed by atoms with E-state index >= 15 is 0 Å². The zero-order valence-corrected chi connectivity index (χ0v) is 30.1. The van der Waals surface area contributed by atoms with Crippen LogP contribution in [0.25, 0.3) is 0 Å². The lowest BCUT2D eigenvalue weighted by Crippen LogP contribution is -2.52. The standard InChI is InChI=1S/C35H56N2O7Si/c1-12-13-31(41-21-28-14-16-29(40-11)17-15-28)33(27(10)20-43-45(24(4)5,25(6)7)26(8)9)44-32(18-19-36)34(38)37-30(23(2)3)22-42-35(37)39/h12,14-17,23-27,30-33H,1,13,18,20-22H2,2-11H3/t27-,30-,31-,32-,33+/m0/s1. The third-order valence-corrected chi connectivity index (χ3v) is 15.1. The Bertz CT molecular complexity index is 1110. The van der Waals surface area contributed by atoms with Crippen molar-refractivity contribution in [2.75, 3.05) is 20.3 Å². The Morgan fingerprint density at radius 3 is 2.18 bits per heavy atom. The first-order valence-electron chi connectivity index (χ1n) is 16.3. The number of nitriles is 1. The van der Waals surface area contributed by atoms with E-state index in [0.717, 1.165) is 16.2 Å². The van der Waals surface area contributed by atoms with Crippen LogP contribution in [0.3, 0.4) is 0 Å². The molecule has 5 atom stereocenters. The quantitative estimate of drug-likeness (QED) is 0.112. The molecular formula is C35H56N2O7Si. The highest BCUT2D eigenvalue weighted by molar-refractivity contribution is 6.77. The molecule has 2 amide bonds. The number of cyclic esters (lactones) is 1. The molecule has 45 heavy (non-hydrogen) atoms. The van der Waals surface area contributed by atoms with Gasteiger partial charge in [-0.1, -0.05) is 80.5 Å². The van der Waals surface area contributed by atoms with Gasteiger partial charge >= 0.3 is 6.09 Å². The van der Waals surface area contributed by atoms with Gasteiger partial charge < -0.3 is 23.4 Å². The molecule has 1 saturated heterocycles. The largest absolute Gasteiger partial charge is 0.497 e. The van der Waals surface area contributed by atoms with Crippen LogP contribution in [-0.4, -0.2) is 69.9 Å². The molecule has 1 heterocycles. The Morgan fingerprint density at radius 1 is 1.09 bits per heavy atom. The number of methoxy groups -OCH3 is 1. The SMILES string of the molecule is C=CC[C@H](OCc1ccc(OC)cc1)[C@H](O[C@@H](CC#N)C(=O)N1C(=O)OC[C@H]1C(C)C)[C@@H](C)CO[Si](C(C)C)(C(C)C)C(C)C. The van der Waals surface area contributed by atoms with E-state index in [2.05, 4.69) is 54.2 Å². The van der Waals surface area contributed by atoms with Gasteiger partial charge in [0.15, 0.2) is 8.32 Å². The molecular weight excluding hydrogens is 588 g/mol. The van der Waals surface area contributed by atoms with E-state index in [-0.39, 0.29) is 24.9 Å². The molecule has 0 saturated carbocycles. The maximum Gasteiger partial charge on any atom is 0.417 e. The molecule has 1 aromatic carbocycles. The second-order valence-corrected chi connectivity index (χ2v) is 18.8. The van der Waals surface area contributed by atoms with Gasteiger partial charge in [-0.15, -0.1) is 6.58 Å². The maximum atomic E-state index is 13.9. The van der Waals surface area contributed by atoms with Crippen LogP contribution in [0.4, 0.5) is 4.79 Å². The molecule has 1 aliphatic heterocycles. The maximum absolute atomic E-state index is 13.9. The average Bonchev–Trinajstić information content (AvgIpc) is 3.38. The smallest absolute Gasteiger partial charge is 0.417 e. The van der Waals surface area contributed by atoms with Crippen molar-refractivity contribution in [3.63, 3.8) is 0 Å². The topological polar surface area (TPSA) is 107 Å². The normalized spacial score (nSPS) is 18.2. The van der Waals surface area contributed by atoms with Crippen molar-refractivity contribution in [3.05, 3.63) is 42.5 Å². The fourth-order valence-corrected chi connectivity index (χ4v) is 12.2. The Morgan fingerprint density at radius 2 is 1.69 bits per heavy atom. The minimum atomic E-state index is -2.22. The molecule has 1 aliphatic rings. The highest BCUT2D eigenvalue weighted by atomic mass is 28.4. The van der Waals surface area contributed by atoms with Gasteiger partial charge in [0.25, 0.3) is 5.91 Å². The van der Waals surface area contributed by atoms with Gasteiger partial charge in [-0.2, -0.15) is 5.26 Å². The van der Waals surface area contributed by atoms with Gasteiger partial charge in [-0.25, -0.2) is 9.69 Å². The third kappa shape index (κ3) is 9.64. The van der Waals surface area contributed by atoms with Crippen LogP contribution in [-0.2, 0) is 30.0 Å². The second-order valence-electron chi connectivity index (χ2n) is 13.4. The zero-order valence-electron chi connectivity index (χ0n) is 29.1. The van der Waals surface area contributed by atoms with Crippen LogP contribution >= 0.6 is 0 Å². The van der Waals surface area contributed by atoms with Gasteiger partial charge in [0, 0.05) is 12.5 Å². The predicted octanol–water partition coefficient (Wildman–Crippen LogP) is 7.66. The molecule has 0 spiro atoms. The highest BCUT2D eigenvalue weighted by Gasteiger charge is 2.47. The van der Waals surface area contributed by atoms with E-state index in [9.17, 15) is 14.9 Å². The summed E-state index contributed by atoms with van der Waals surface area (Å²) in [5, 5.41) is 9.76. The Balaban J connectivity index is 2.47. The minimum Gasteiger partial charge on any atom is -0.497 e. The van der Waals surface area contributed by atoms with E-state index in [0.29, 0.717) is 36.3 Å². The van der Waals surface area contributed by atoms with Crippen molar-refractivity contribution < 1.29 is 33.0 Å². The van der Waals surface area contributed by atoms with Crippen molar-refractivity contribution in [3.8, 4) is 11.8 Å². The van der Waals surface area contributed by atoms with Gasteiger partial charge in [-0.3, -0.25) is 4.79 Å². The van der Waals surface area contributed by atoms with Crippen LogP contribution in [0.2, 0.25) is 16.6 Å². The number of benzene rings is 1. The van der Waals surface area contributed by atoms with Crippen molar-refractivity contribution in [1.29, 1.82) is 5.26 Å². The Labute approximate surface area is 272 Å². The molecule has 10 heteroatoms. The number of rotatable bonds is 19. The Kier molecular flexibility index (Phi) is 15.3. The molecule has 0 radical (unpaired) electrons. The van der Waals surface area contributed by atoms with Gasteiger partial charge in [0.2, 0.25) is 0 Å². The van der Waals surface area contributed by atoms with Crippen LogP contribution in [0, 0.1) is 23.2 Å². The summed E-state index contributed by atoms with van der Waals surface area (Å²) in [6, 6.07) is 9.29. The number of hydrogen-bond donors (Lipinski definition) is 0. The first-order chi connectivity index (χ1) is 21.2. The van der Waals surface area contributed by atoms with Crippen molar-refractivity contribution in [2.24, 2.45) is 11.8 Å². The lowest BCUT2D eigenvalue weighted by molar-refractivity contribution is -0.162. The fraction of sp³-hybridized carbons (Fsp3) is 0.686. The minimum absolute atomic E-state index is 0.0196. The summed E-state index contributed by atoms with van der Waals surface area (Å²) in [6.45, 7) is 24.1. The first-order valence-corrected chi connectivity index (χ1v) is 18.4. The van der Waals surface area contributed by atoms with Gasteiger partial charge in [-0.05, 0) is 46.7 Å². The van der Waals surface area contributed by atoms with E-state index in [1.165, 1.54) is 0 Å². The summed E-state index contributed by atoms with van der Waals surface area (Å²) in [4.78, 5) is 27.7. The average molecular weight is 645 g/mol. The Hall–Kier alpha value is -2.71. The molecule has 0 N–H and O–H groups in total. The number of ether oxygens (including phenoxy) is 4. The highest BCUT2D eigenvalue weighted by Crippen LogP contribution is 2.43. The summed E-state index contributed by atoms with van der Waals surface area (Å²) in [5.41, 5.74) is 2.12. The monoisotopic (exact) mass is 644 g/mol. The zero-order chi connectivity index (χ0) is 33.9.